The number of benzene rings is 1. The number of fused-ring (bicyclic) bond motifs is 1. The summed E-state index contributed by atoms with van der Waals surface area (Å²) in [6.07, 6.45) is 2.10. The maximum atomic E-state index is 12.0. The number of nitrogens with zero attached hydrogens (tertiary/aromatic N) is 4. The van der Waals surface area contributed by atoms with Crippen LogP contribution in [0.5, 0.6) is 0 Å². The van der Waals surface area contributed by atoms with E-state index in [1.54, 1.807) is 11.8 Å². The monoisotopic (exact) mass is 436 g/mol. The van der Waals surface area contributed by atoms with Crippen molar-refractivity contribution in [2.75, 3.05) is 30.0 Å². The lowest BCUT2D eigenvalue weighted by molar-refractivity contribution is -0.129. The lowest BCUT2D eigenvalue weighted by Crippen LogP contribution is -2.44. The zero-order valence-corrected chi connectivity index (χ0v) is 18.4. The van der Waals surface area contributed by atoms with Crippen molar-refractivity contribution >= 4 is 23.4 Å². The first kappa shape index (κ1) is 20.7. The Hall–Kier alpha value is -3.20. The minimum atomic E-state index is -0.179. The molecular weight excluding hydrogens is 408 g/mol. The molecule has 2 aromatic rings. The Kier molecular flexibility index (Phi) is 5.42. The Bertz CT molecular complexity index is 1040. The van der Waals surface area contributed by atoms with Gasteiger partial charge in [-0.2, -0.15) is 0 Å². The van der Waals surface area contributed by atoms with Gasteiger partial charge < -0.3 is 25.2 Å². The molecule has 1 atom stereocenters. The number of carbonyl (C=O) groups excluding carboxylic acids is 2. The first-order valence-electron chi connectivity index (χ1n) is 11.2. The number of anilines is 2. The first-order chi connectivity index (χ1) is 15.5. The van der Waals surface area contributed by atoms with E-state index in [0.717, 1.165) is 47.7 Å². The van der Waals surface area contributed by atoms with Crippen LogP contribution in [-0.4, -0.2) is 58.6 Å². The van der Waals surface area contributed by atoms with Crippen molar-refractivity contribution in [1.82, 2.24) is 20.2 Å². The molecule has 32 heavy (non-hydrogen) atoms. The highest BCUT2D eigenvalue weighted by atomic mass is 16.5. The highest BCUT2D eigenvalue weighted by Crippen LogP contribution is 2.33. The van der Waals surface area contributed by atoms with Gasteiger partial charge in [0, 0.05) is 36.3 Å². The van der Waals surface area contributed by atoms with Crippen molar-refractivity contribution in [2.24, 2.45) is 0 Å². The van der Waals surface area contributed by atoms with E-state index in [1.807, 2.05) is 24.3 Å². The molecule has 9 nitrogen and oxygen atoms in total. The van der Waals surface area contributed by atoms with Gasteiger partial charge in [0.2, 0.25) is 5.91 Å². The van der Waals surface area contributed by atoms with Crippen LogP contribution in [0.25, 0.3) is 11.4 Å². The summed E-state index contributed by atoms with van der Waals surface area (Å²) < 4.78 is 5.61. The Labute approximate surface area is 187 Å². The Morgan fingerprint density at radius 2 is 1.91 bits per heavy atom. The first-order valence-corrected chi connectivity index (χ1v) is 11.2. The van der Waals surface area contributed by atoms with Crippen molar-refractivity contribution in [2.45, 2.75) is 51.9 Å². The van der Waals surface area contributed by atoms with E-state index < -0.39 is 0 Å². The molecule has 5 rings (SSSR count). The molecule has 1 saturated carbocycles. The number of aromatic nitrogens is 2. The number of hydrogen-bond acceptors (Lipinski definition) is 6. The summed E-state index contributed by atoms with van der Waals surface area (Å²) >= 11 is 0. The van der Waals surface area contributed by atoms with Crippen LogP contribution in [0, 0.1) is 0 Å². The predicted octanol–water partition coefficient (Wildman–Crippen LogP) is 2.51. The third-order valence-electron chi connectivity index (χ3n) is 6.16. The van der Waals surface area contributed by atoms with Gasteiger partial charge >= 0.3 is 6.03 Å². The van der Waals surface area contributed by atoms with Crippen LogP contribution < -0.4 is 15.5 Å². The van der Waals surface area contributed by atoms with Crippen molar-refractivity contribution < 1.29 is 14.3 Å². The normalized spacial score (nSPS) is 20.1. The van der Waals surface area contributed by atoms with Crippen LogP contribution >= 0.6 is 0 Å². The summed E-state index contributed by atoms with van der Waals surface area (Å²) in [5.41, 5.74) is 3.50. The molecule has 168 valence electrons. The molecule has 0 radical (unpaired) electrons. The molecule has 2 aliphatic heterocycles. The molecule has 1 aromatic heterocycles. The molecule has 2 fully saturated rings. The van der Waals surface area contributed by atoms with Crippen molar-refractivity contribution in [1.29, 1.82) is 0 Å². The van der Waals surface area contributed by atoms with E-state index in [1.165, 1.54) is 0 Å². The third kappa shape index (κ3) is 4.25. The molecule has 1 saturated heterocycles. The van der Waals surface area contributed by atoms with Gasteiger partial charge in [-0.3, -0.25) is 4.79 Å². The number of morpholine rings is 1. The number of hydrogen-bond donors (Lipinski definition) is 2. The lowest BCUT2D eigenvalue weighted by Gasteiger charge is -2.35. The van der Waals surface area contributed by atoms with Crippen LogP contribution in [-0.2, 0) is 22.6 Å². The average Bonchev–Trinajstić information content (AvgIpc) is 3.47. The van der Waals surface area contributed by atoms with Gasteiger partial charge in [0.15, 0.2) is 5.82 Å². The van der Waals surface area contributed by atoms with E-state index in [-0.39, 0.29) is 18.0 Å². The summed E-state index contributed by atoms with van der Waals surface area (Å²) in [6.45, 7) is 6.78. The molecular formula is C23H28N6O3. The number of carbonyl (C=O) groups is 2. The van der Waals surface area contributed by atoms with E-state index in [0.29, 0.717) is 38.2 Å². The van der Waals surface area contributed by atoms with E-state index in [2.05, 4.69) is 22.5 Å². The van der Waals surface area contributed by atoms with Crippen LogP contribution in [0.2, 0.25) is 0 Å². The molecule has 1 aromatic carbocycles. The fourth-order valence-corrected chi connectivity index (χ4v) is 4.15. The van der Waals surface area contributed by atoms with Gasteiger partial charge in [-0.1, -0.05) is 0 Å². The topological polar surface area (TPSA) is 99.7 Å². The van der Waals surface area contributed by atoms with Gasteiger partial charge in [-0.25, -0.2) is 14.8 Å². The minimum absolute atomic E-state index is 0.0328. The second-order valence-electron chi connectivity index (χ2n) is 8.74. The summed E-state index contributed by atoms with van der Waals surface area (Å²) in [6, 6.07) is 7.87. The van der Waals surface area contributed by atoms with E-state index in [4.69, 9.17) is 14.7 Å². The van der Waals surface area contributed by atoms with Gasteiger partial charge in [-0.15, -0.1) is 0 Å². The molecule has 3 heterocycles. The van der Waals surface area contributed by atoms with E-state index >= 15 is 0 Å². The van der Waals surface area contributed by atoms with Crippen molar-refractivity contribution in [3.05, 3.63) is 35.5 Å². The van der Waals surface area contributed by atoms with Gasteiger partial charge in [0.25, 0.3) is 0 Å². The maximum Gasteiger partial charge on any atom is 0.319 e. The van der Waals surface area contributed by atoms with Crippen molar-refractivity contribution in [3.63, 3.8) is 0 Å². The van der Waals surface area contributed by atoms with Crippen LogP contribution in [0.1, 0.15) is 37.9 Å². The maximum absolute atomic E-state index is 12.0. The molecule has 9 heteroatoms. The van der Waals surface area contributed by atoms with Gasteiger partial charge in [0.05, 0.1) is 38.0 Å². The average molecular weight is 437 g/mol. The minimum Gasteiger partial charge on any atom is -0.377 e. The van der Waals surface area contributed by atoms with Gasteiger partial charge in [0.1, 0.15) is 5.82 Å². The standard InChI is InChI=1S/C23H28N6O3/c1-14-13-32-10-9-29(14)22-19-11-28(15(2)30)12-20(19)26-21(27-22)16-3-5-17(6-4-16)24-23(31)25-18-7-8-18/h3-6,14,18H,7-13H2,1-2H3,(H2,24,25,31). The zero-order chi connectivity index (χ0) is 22.2. The number of rotatable bonds is 4. The summed E-state index contributed by atoms with van der Waals surface area (Å²) in [5, 5.41) is 5.78. The van der Waals surface area contributed by atoms with Crippen LogP contribution in [0.15, 0.2) is 24.3 Å². The quantitative estimate of drug-likeness (QED) is 0.764. The van der Waals surface area contributed by atoms with Crippen LogP contribution in [0.4, 0.5) is 16.3 Å². The molecule has 3 aliphatic rings. The fraction of sp³-hybridized carbons (Fsp3) is 0.478. The second kappa shape index (κ2) is 8.38. The van der Waals surface area contributed by atoms with Gasteiger partial charge in [-0.05, 0) is 44.0 Å². The highest BCUT2D eigenvalue weighted by Gasteiger charge is 2.31. The smallest absolute Gasteiger partial charge is 0.319 e. The lowest BCUT2D eigenvalue weighted by atomic mass is 10.1. The van der Waals surface area contributed by atoms with Crippen LogP contribution in [0.3, 0.4) is 0 Å². The Morgan fingerprint density at radius 1 is 1.12 bits per heavy atom. The van der Waals surface area contributed by atoms with E-state index in [9.17, 15) is 9.59 Å². The molecule has 3 amide bonds. The third-order valence-corrected chi connectivity index (χ3v) is 6.16. The zero-order valence-electron chi connectivity index (χ0n) is 18.4. The number of urea groups is 1. The molecule has 2 N–H and O–H groups in total. The summed E-state index contributed by atoms with van der Waals surface area (Å²) in [5.74, 6) is 1.54. The number of ether oxygens (including phenoxy) is 1. The Balaban J connectivity index is 1.43. The SMILES string of the molecule is CC(=O)N1Cc2nc(-c3ccc(NC(=O)NC4CC4)cc3)nc(N3CCOCC3C)c2C1. The largest absolute Gasteiger partial charge is 0.377 e. The number of amides is 3. The predicted molar refractivity (Wildman–Crippen MR) is 120 cm³/mol. The summed E-state index contributed by atoms with van der Waals surface area (Å²) in [7, 11) is 0. The molecule has 1 unspecified atom stereocenters. The molecule has 0 spiro atoms. The fourth-order valence-electron chi connectivity index (χ4n) is 4.15. The Morgan fingerprint density at radius 3 is 2.59 bits per heavy atom. The highest BCUT2D eigenvalue weighted by molar-refractivity contribution is 5.89. The molecule has 1 aliphatic carbocycles. The number of nitrogens with one attached hydrogen (secondary N) is 2. The second-order valence-corrected chi connectivity index (χ2v) is 8.74. The van der Waals surface area contributed by atoms with Crippen molar-refractivity contribution in [3.8, 4) is 11.4 Å². The molecule has 0 bridgehead atoms. The summed E-state index contributed by atoms with van der Waals surface area (Å²) in [4.78, 5) is 37.8.